The first kappa shape index (κ1) is 17.3. The summed E-state index contributed by atoms with van der Waals surface area (Å²) in [6.45, 7) is 1.98. The number of amides is 1. The maximum Gasteiger partial charge on any atom is 0.240 e. The SMILES string of the molecule is O=C(C1CCCN1)N1CCC(NS(=O)(=O)c2ccc(F)cc2)CC1. The van der Waals surface area contributed by atoms with E-state index in [0.29, 0.717) is 25.9 Å². The molecule has 0 bridgehead atoms. The van der Waals surface area contributed by atoms with Crippen LogP contribution in [0, 0.1) is 5.82 Å². The lowest BCUT2D eigenvalue weighted by Gasteiger charge is -2.33. The molecule has 2 saturated heterocycles. The molecule has 2 N–H and O–H groups in total. The summed E-state index contributed by atoms with van der Waals surface area (Å²) in [6, 6.07) is 4.47. The van der Waals surface area contributed by atoms with Crippen molar-refractivity contribution < 1.29 is 17.6 Å². The molecule has 2 fully saturated rings. The van der Waals surface area contributed by atoms with Crippen LogP contribution < -0.4 is 10.0 Å². The van der Waals surface area contributed by atoms with Crippen LogP contribution in [-0.2, 0) is 14.8 Å². The Balaban J connectivity index is 1.55. The van der Waals surface area contributed by atoms with E-state index >= 15 is 0 Å². The minimum absolute atomic E-state index is 0.0533. The monoisotopic (exact) mass is 355 g/mol. The molecule has 1 unspecified atom stereocenters. The summed E-state index contributed by atoms with van der Waals surface area (Å²) in [5.74, 6) is -0.353. The number of likely N-dealkylation sites (tertiary alicyclic amines) is 1. The van der Waals surface area contributed by atoms with Gasteiger partial charge in [-0.1, -0.05) is 0 Å². The summed E-state index contributed by atoms with van der Waals surface area (Å²) in [5, 5.41) is 3.20. The largest absolute Gasteiger partial charge is 0.341 e. The highest BCUT2D eigenvalue weighted by atomic mass is 32.2. The fourth-order valence-electron chi connectivity index (χ4n) is 3.23. The van der Waals surface area contributed by atoms with Crippen LogP contribution >= 0.6 is 0 Å². The van der Waals surface area contributed by atoms with Gasteiger partial charge in [0.15, 0.2) is 0 Å². The van der Waals surface area contributed by atoms with E-state index in [4.69, 9.17) is 0 Å². The standard InChI is InChI=1S/C16H22FN3O3S/c17-12-3-5-14(6-4-12)24(22,23)19-13-7-10-20(11-8-13)16(21)15-2-1-9-18-15/h3-6,13,15,18-19H,1-2,7-11H2. The normalized spacial score (nSPS) is 22.7. The van der Waals surface area contributed by atoms with Crippen LogP contribution in [0.4, 0.5) is 4.39 Å². The molecule has 1 aromatic rings. The molecule has 8 heteroatoms. The second-order valence-electron chi connectivity index (χ2n) is 6.32. The molecule has 0 radical (unpaired) electrons. The van der Waals surface area contributed by atoms with Gasteiger partial charge in [-0.25, -0.2) is 17.5 Å². The Morgan fingerprint density at radius 3 is 2.42 bits per heavy atom. The van der Waals surface area contributed by atoms with Gasteiger partial charge in [0.2, 0.25) is 15.9 Å². The van der Waals surface area contributed by atoms with Gasteiger partial charge in [0.25, 0.3) is 0 Å². The zero-order valence-corrected chi connectivity index (χ0v) is 14.2. The van der Waals surface area contributed by atoms with Crippen LogP contribution in [0.15, 0.2) is 29.2 Å². The molecular weight excluding hydrogens is 333 g/mol. The highest BCUT2D eigenvalue weighted by Crippen LogP contribution is 2.17. The average molecular weight is 355 g/mol. The Kier molecular flexibility index (Phi) is 5.17. The molecule has 1 aromatic carbocycles. The number of carbonyl (C=O) groups is 1. The van der Waals surface area contributed by atoms with Gasteiger partial charge in [0.1, 0.15) is 5.82 Å². The van der Waals surface area contributed by atoms with E-state index in [9.17, 15) is 17.6 Å². The minimum Gasteiger partial charge on any atom is -0.341 e. The Morgan fingerprint density at radius 1 is 1.17 bits per heavy atom. The van der Waals surface area contributed by atoms with Crippen molar-refractivity contribution in [3.05, 3.63) is 30.1 Å². The van der Waals surface area contributed by atoms with E-state index in [0.717, 1.165) is 31.5 Å². The molecule has 0 saturated carbocycles. The minimum atomic E-state index is -3.66. The number of sulfonamides is 1. The van der Waals surface area contributed by atoms with Gasteiger partial charge in [-0.2, -0.15) is 0 Å². The number of piperidine rings is 1. The molecular formula is C16H22FN3O3S. The summed E-state index contributed by atoms with van der Waals surface area (Å²) in [6.07, 6.45) is 3.05. The summed E-state index contributed by atoms with van der Waals surface area (Å²) in [5.41, 5.74) is 0. The molecule has 0 aliphatic carbocycles. The van der Waals surface area contributed by atoms with Gasteiger partial charge in [-0.15, -0.1) is 0 Å². The van der Waals surface area contributed by atoms with E-state index in [-0.39, 0.29) is 22.9 Å². The third-order valence-corrected chi connectivity index (χ3v) is 6.15. The third kappa shape index (κ3) is 3.93. The summed E-state index contributed by atoms with van der Waals surface area (Å²) in [7, 11) is -3.66. The molecule has 3 rings (SSSR count). The third-order valence-electron chi connectivity index (χ3n) is 4.61. The first-order valence-corrected chi connectivity index (χ1v) is 9.74. The number of nitrogens with one attached hydrogen (secondary N) is 2. The Hall–Kier alpha value is -1.51. The predicted molar refractivity (Wildman–Crippen MR) is 87.3 cm³/mol. The number of hydrogen-bond acceptors (Lipinski definition) is 4. The number of benzene rings is 1. The molecule has 2 aliphatic rings. The molecule has 2 heterocycles. The van der Waals surface area contributed by atoms with Crippen LogP contribution in [0.25, 0.3) is 0 Å². The van der Waals surface area contributed by atoms with Gasteiger partial charge in [-0.3, -0.25) is 4.79 Å². The number of rotatable bonds is 4. The van der Waals surface area contributed by atoms with Crippen molar-refractivity contribution in [3.63, 3.8) is 0 Å². The average Bonchev–Trinajstić information content (AvgIpc) is 3.09. The Morgan fingerprint density at radius 2 is 1.83 bits per heavy atom. The lowest BCUT2D eigenvalue weighted by molar-refractivity contribution is -0.134. The van der Waals surface area contributed by atoms with Crippen molar-refractivity contribution in [2.75, 3.05) is 19.6 Å². The van der Waals surface area contributed by atoms with Crippen molar-refractivity contribution in [2.45, 2.75) is 42.7 Å². The fourth-order valence-corrected chi connectivity index (χ4v) is 4.54. The molecule has 2 aliphatic heterocycles. The van der Waals surface area contributed by atoms with Crippen molar-refractivity contribution in [1.82, 2.24) is 14.9 Å². The van der Waals surface area contributed by atoms with Gasteiger partial charge in [-0.05, 0) is 56.5 Å². The first-order valence-electron chi connectivity index (χ1n) is 8.26. The molecule has 132 valence electrons. The summed E-state index contributed by atoms with van der Waals surface area (Å²) >= 11 is 0. The molecule has 24 heavy (non-hydrogen) atoms. The lowest BCUT2D eigenvalue weighted by Crippen LogP contribution is -2.50. The van der Waals surface area contributed by atoms with E-state index in [1.165, 1.54) is 12.1 Å². The molecule has 0 aromatic heterocycles. The summed E-state index contributed by atoms with van der Waals surface area (Å²) in [4.78, 5) is 14.2. The number of halogens is 1. The highest BCUT2D eigenvalue weighted by Gasteiger charge is 2.31. The lowest BCUT2D eigenvalue weighted by atomic mass is 10.0. The van der Waals surface area contributed by atoms with Gasteiger partial charge < -0.3 is 10.2 Å². The van der Waals surface area contributed by atoms with Gasteiger partial charge in [0.05, 0.1) is 10.9 Å². The molecule has 1 atom stereocenters. The fraction of sp³-hybridized carbons (Fsp3) is 0.562. The first-order chi connectivity index (χ1) is 11.5. The maximum absolute atomic E-state index is 12.9. The van der Waals surface area contributed by atoms with E-state index < -0.39 is 15.8 Å². The van der Waals surface area contributed by atoms with Gasteiger partial charge >= 0.3 is 0 Å². The van der Waals surface area contributed by atoms with E-state index in [1.807, 2.05) is 4.90 Å². The Labute approximate surface area is 141 Å². The zero-order valence-electron chi connectivity index (χ0n) is 13.4. The highest BCUT2D eigenvalue weighted by molar-refractivity contribution is 7.89. The zero-order chi connectivity index (χ0) is 17.2. The maximum atomic E-state index is 12.9. The van der Waals surface area contributed by atoms with Crippen LogP contribution in [0.3, 0.4) is 0 Å². The summed E-state index contributed by atoms with van der Waals surface area (Å²) < 4.78 is 40.2. The molecule has 0 spiro atoms. The van der Waals surface area contributed by atoms with Crippen LogP contribution in [0.5, 0.6) is 0 Å². The quantitative estimate of drug-likeness (QED) is 0.839. The molecule has 6 nitrogen and oxygen atoms in total. The van der Waals surface area contributed by atoms with Crippen molar-refractivity contribution in [2.24, 2.45) is 0 Å². The van der Waals surface area contributed by atoms with Crippen molar-refractivity contribution >= 4 is 15.9 Å². The predicted octanol–water partition coefficient (Wildman–Crippen LogP) is 0.847. The number of hydrogen-bond donors (Lipinski definition) is 2. The van der Waals surface area contributed by atoms with Crippen LogP contribution in [-0.4, -0.2) is 50.9 Å². The van der Waals surface area contributed by atoms with Gasteiger partial charge in [0, 0.05) is 19.1 Å². The van der Waals surface area contributed by atoms with Crippen molar-refractivity contribution in [3.8, 4) is 0 Å². The topological polar surface area (TPSA) is 78.5 Å². The molecule has 1 amide bonds. The second kappa shape index (κ2) is 7.16. The Bertz CT molecular complexity index is 679. The van der Waals surface area contributed by atoms with Crippen LogP contribution in [0.1, 0.15) is 25.7 Å². The van der Waals surface area contributed by atoms with Crippen molar-refractivity contribution in [1.29, 1.82) is 0 Å². The van der Waals surface area contributed by atoms with Crippen LogP contribution in [0.2, 0.25) is 0 Å². The number of nitrogens with zero attached hydrogens (tertiary/aromatic N) is 1. The number of carbonyl (C=O) groups excluding carboxylic acids is 1. The van der Waals surface area contributed by atoms with E-state index in [1.54, 1.807) is 0 Å². The van der Waals surface area contributed by atoms with E-state index in [2.05, 4.69) is 10.0 Å². The second-order valence-corrected chi connectivity index (χ2v) is 8.04. The smallest absolute Gasteiger partial charge is 0.240 e.